The third-order valence-electron chi connectivity index (χ3n) is 7.89. The average molecular weight is 545 g/mol. The van der Waals surface area contributed by atoms with Crippen molar-refractivity contribution in [3.05, 3.63) is 121 Å². The van der Waals surface area contributed by atoms with Gasteiger partial charge in [0.15, 0.2) is 0 Å². The van der Waals surface area contributed by atoms with Crippen molar-refractivity contribution in [2.75, 3.05) is 20.4 Å². The van der Waals surface area contributed by atoms with Gasteiger partial charge >= 0.3 is 0 Å². The lowest BCUT2D eigenvalue weighted by molar-refractivity contribution is -0.0306. The molecule has 0 spiro atoms. The molecule has 0 radical (unpaired) electrons. The topological polar surface area (TPSA) is 52.6 Å². The van der Waals surface area contributed by atoms with Crippen LogP contribution in [0.3, 0.4) is 0 Å². The summed E-state index contributed by atoms with van der Waals surface area (Å²) >= 11 is 0. The summed E-state index contributed by atoms with van der Waals surface area (Å²) in [7, 11) is -2.93. The Labute approximate surface area is 225 Å². The van der Waals surface area contributed by atoms with E-state index in [2.05, 4.69) is 0 Å². The SMILES string of the molecule is CO[C@H]1[C@H](CP(=O)(c2ccccc2)c2ccccc2)[C@H](P(=O)(c2ccccc2)c2ccccc2)C[C@@H]1OC. The number of hydrogen-bond donors (Lipinski definition) is 0. The molecule has 4 aromatic carbocycles. The van der Waals surface area contributed by atoms with Gasteiger partial charge in [-0.3, -0.25) is 0 Å². The summed E-state index contributed by atoms with van der Waals surface area (Å²) in [5.41, 5.74) is -0.303. The molecule has 5 rings (SSSR count). The molecule has 0 aliphatic heterocycles. The van der Waals surface area contributed by atoms with Gasteiger partial charge in [0.05, 0.1) is 12.2 Å². The van der Waals surface area contributed by atoms with E-state index in [1.54, 1.807) is 14.2 Å². The largest absolute Gasteiger partial charge is 0.379 e. The van der Waals surface area contributed by atoms with E-state index in [4.69, 9.17) is 9.47 Å². The highest BCUT2D eigenvalue weighted by molar-refractivity contribution is 7.80. The van der Waals surface area contributed by atoms with Crippen LogP contribution < -0.4 is 21.2 Å². The number of rotatable bonds is 9. The van der Waals surface area contributed by atoms with Gasteiger partial charge in [-0.2, -0.15) is 0 Å². The third-order valence-corrected chi connectivity index (χ3v) is 14.8. The van der Waals surface area contributed by atoms with Crippen molar-refractivity contribution in [1.29, 1.82) is 0 Å². The molecule has 0 unspecified atom stereocenters. The van der Waals surface area contributed by atoms with Crippen LogP contribution in [0.25, 0.3) is 0 Å². The van der Waals surface area contributed by atoms with Crippen molar-refractivity contribution < 1.29 is 18.6 Å². The quantitative estimate of drug-likeness (QED) is 0.264. The Hall–Kier alpha value is -2.74. The van der Waals surface area contributed by atoms with E-state index in [0.29, 0.717) is 12.6 Å². The molecule has 196 valence electrons. The van der Waals surface area contributed by atoms with Gasteiger partial charge in [0.25, 0.3) is 0 Å². The fourth-order valence-corrected chi connectivity index (χ4v) is 12.9. The average Bonchev–Trinajstić information content (AvgIpc) is 3.35. The second kappa shape index (κ2) is 11.6. The van der Waals surface area contributed by atoms with Crippen LogP contribution in [0.4, 0.5) is 0 Å². The lowest BCUT2D eigenvalue weighted by Crippen LogP contribution is -2.37. The summed E-state index contributed by atoms with van der Waals surface area (Å²) in [6.07, 6.45) is 0.306. The first kappa shape index (κ1) is 26.9. The molecule has 1 aliphatic carbocycles. The van der Waals surface area contributed by atoms with Crippen LogP contribution in [0.2, 0.25) is 0 Å². The predicted molar refractivity (Wildman–Crippen MR) is 158 cm³/mol. The second-order valence-corrected chi connectivity index (χ2v) is 15.8. The smallest absolute Gasteiger partial charge is 0.146 e. The standard InChI is InChI=1S/C32H34O4P2/c1-35-30-23-31(38(34,27-19-11-5-12-20-27)28-21-13-6-14-22-28)29(32(30)36-2)24-37(33,25-15-7-3-8-16-25)26-17-9-4-10-18-26/h3-22,29-32H,23-24H2,1-2H3/t29-,30+,31-,32+/m1/s1. The molecule has 0 bridgehead atoms. The lowest BCUT2D eigenvalue weighted by Gasteiger charge is -2.34. The third kappa shape index (κ3) is 4.88. The first-order valence-corrected chi connectivity index (χ1v) is 16.7. The molecule has 0 N–H and O–H groups in total. The molecule has 4 atom stereocenters. The van der Waals surface area contributed by atoms with E-state index in [9.17, 15) is 0 Å². The molecular formula is C32H34O4P2. The molecule has 0 saturated heterocycles. The number of hydrogen-bond acceptors (Lipinski definition) is 4. The minimum Gasteiger partial charge on any atom is -0.379 e. The van der Waals surface area contributed by atoms with Gasteiger partial charge in [-0.15, -0.1) is 0 Å². The molecule has 38 heavy (non-hydrogen) atoms. The minimum atomic E-state index is -3.18. The molecule has 4 aromatic rings. The van der Waals surface area contributed by atoms with Crippen LogP contribution in [-0.4, -0.2) is 38.2 Å². The van der Waals surface area contributed by atoms with E-state index in [1.165, 1.54) is 0 Å². The summed E-state index contributed by atoms with van der Waals surface area (Å²) < 4.78 is 42.7. The van der Waals surface area contributed by atoms with Crippen molar-refractivity contribution in [1.82, 2.24) is 0 Å². The van der Waals surface area contributed by atoms with Gasteiger partial charge in [0, 0.05) is 53.2 Å². The molecular weight excluding hydrogens is 510 g/mol. The van der Waals surface area contributed by atoms with Crippen LogP contribution in [0.1, 0.15) is 6.42 Å². The van der Waals surface area contributed by atoms with Gasteiger partial charge in [0.1, 0.15) is 14.3 Å². The Morgan fingerprint density at radius 1 is 0.605 bits per heavy atom. The Balaban J connectivity index is 1.69. The van der Waals surface area contributed by atoms with E-state index in [0.717, 1.165) is 21.2 Å². The molecule has 4 nitrogen and oxygen atoms in total. The van der Waals surface area contributed by atoms with Crippen molar-refractivity contribution in [3.63, 3.8) is 0 Å². The van der Waals surface area contributed by atoms with Crippen molar-refractivity contribution in [3.8, 4) is 0 Å². The van der Waals surface area contributed by atoms with Gasteiger partial charge in [-0.05, 0) is 6.42 Å². The highest BCUT2D eigenvalue weighted by Crippen LogP contribution is 2.60. The summed E-state index contributed by atoms with van der Waals surface area (Å²) in [4.78, 5) is 0. The molecule has 1 aliphatic rings. The highest BCUT2D eigenvalue weighted by Gasteiger charge is 2.54. The minimum absolute atomic E-state index is 0.254. The van der Waals surface area contributed by atoms with Gasteiger partial charge < -0.3 is 18.6 Å². The maximum atomic E-state index is 15.5. The first-order valence-electron chi connectivity index (χ1n) is 13.0. The summed E-state index contributed by atoms with van der Waals surface area (Å²) in [5.74, 6) is -0.262. The van der Waals surface area contributed by atoms with Crippen LogP contribution >= 0.6 is 14.3 Å². The van der Waals surface area contributed by atoms with Crippen LogP contribution in [0, 0.1) is 5.92 Å². The van der Waals surface area contributed by atoms with Crippen molar-refractivity contribution >= 4 is 35.5 Å². The zero-order valence-electron chi connectivity index (χ0n) is 21.8. The lowest BCUT2D eigenvalue weighted by atomic mass is 10.1. The zero-order valence-corrected chi connectivity index (χ0v) is 23.6. The summed E-state index contributed by atoms with van der Waals surface area (Å²) in [5, 5.41) is 3.22. The van der Waals surface area contributed by atoms with Gasteiger partial charge in [0.2, 0.25) is 0 Å². The normalized spacial score (nSPS) is 21.8. The Kier molecular flexibility index (Phi) is 8.17. The fourth-order valence-electron chi connectivity index (χ4n) is 6.07. The summed E-state index contributed by atoms with van der Waals surface area (Å²) in [6.45, 7) is 0. The fraction of sp³-hybridized carbons (Fsp3) is 0.250. The van der Waals surface area contributed by atoms with E-state index >= 15 is 9.13 Å². The summed E-state index contributed by atoms with van der Waals surface area (Å²) in [6, 6.07) is 38.9. The Morgan fingerprint density at radius 3 is 1.37 bits per heavy atom. The van der Waals surface area contributed by atoms with Gasteiger partial charge in [-0.1, -0.05) is 121 Å². The van der Waals surface area contributed by atoms with E-state index in [-0.39, 0.29) is 23.8 Å². The van der Waals surface area contributed by atoms with E-state index < -0.39 is 14.3 Å². The monoisotopic (exact) mass is 544 g/mol. The molecule has 1 saturated carbocycles. The van der Waals surface area contributed by atoms with E-state index in [1.807, 2.05) is 121 Å². The Bertz CT molecular complexity index is 1320. The molecule has 1 fully saturated rings. The number of ether oxygens (including phenoxy) is 2. The van der Waals surface area contributed by atoms with Crippen molar-refractivity contribution in [2.45, 2.75) is 24.3 Å². The van der Waals surface area contributed by atoms with Crippen LogP contribution in [-0.2, 0) is 18.6 Å². The van der Waals surface area contributed by atoms with Crippen LogP contribution in [0.5, 0.6) is 0 Å². The molecule has 0 heterocycles. The van der Waals surface area contributed by atoms with Crippen LogP contribution in [0.15, 0.2) is 121 Å². The molecule has 0 aromatic heterocycles. The second-order valence-electron chi connectivity index (χ2n) is 9.86. The van der Waals surface area contributed by atoms with Gasteiger partial charge in [-0.25, -0.2) is 0 Å². The number of methoxy groups -OCH3 is 2. The number of benzene rings is 4. The maximum Gasteiger partial charge on any atom is 0.146 e. The maximum absolute atomic E-state index is 15.5. The Morgan fingerprint density at radius 2 is 1.00 bits per heavy atom. The first-order chi connectivity index (χ1) is 18.5. The molecule has 6 heteroatoms. The highest BCUT2D eigenvalue weighted by atomic mass is 31.2. The zero-order chi connectivity index (χ0) is 26.6. The predicted octanol–water partition coefficient (Wildman–Crippen LogP) is 5.43. The van der Waals surface area contributed by atoms with Crippen molar-refractivity contribution in [2.24, 2.45) is 5.92 Å². The molecule has 0 amide bonds.